The van der Waals surface area contributed by atoms with Crippen LogP contribution in [0.25, 0.3) is 0 Å². The fourth-order valence-corrected chi connectivity index (χ4v) is 2.45. The molecule has 0 fully saturated rings. The van der Waals surface area contributed by atoms with E-state index in [1.807, 2.05) is 6.07 Å². The molecule has 0 unspecified atom stereocenters. The molecule has 1 aromatic carbocycles. The van der Waals surface area contributed by atoms with Gasteiger partial charge in [0.1, 0.15) is 0 Å². The van der Waals surface area contributed by atoms with E-state index in [0.717, 1.165) is 16.9 Å². The molecule has 1 rings (SSSR count). The molecule has 78 valence electrons. The summed E-state index contributed by atoms with van der Waals surface area (Å²) < 4.78 is 23.7. The topological polar surface area (TPSA) is 44.8 Å². The number of halogens is 2. The third-order valence-corrected chi connectivity index (χ3v) is 3.98. The van der Waals surface area contributed by atoms with Crippen LogP contribution in [0.4, 0.5) is 0 Å². The number of benzene rings is 1. The zero-order valence-electron chi connectivity index (χ0n) is 6.63. The Morgan fingerprint density at radius 1 is 1.14 bits per heavy atom. The van der Waals surface area contributed by atoms with Gasteiger partial charge in [0.2, 0.25) is 0 Å². The maximum atomic E-state index is 11.2. The first kappa shape index (κ1) is 12.3. The van der Waals surface area contributed by atoms with Crippen molar-refractivity contribution in [3.8, 4) is 0 Å². The predicted octanol–water partition coefficient (Wildman–Crippen LogP) is 4.16. The van der Waals surface area contributed by atoms with Gasteiger partial charge in [-0.05, 0) is 12.1 Å². The first-order valence-electron chi connectivity index (χ1n) is 3.32. The molecular weight excluding hydrogens is 270 g/mol. The third kappa shape index (κ3) is 3.79. The summed E-state index contributed by atoms with van der Waals surface area (Å²) in [5.74, 6) is 0. The Bertz CT molecular complexity index is 315. The fraction of sp³-hybridized carbons (Fsp3) is 0. The van der Waals surface area contributed by atoms with Crippen molar-refractivity contribution in [1.82, 2.24) is 0 Å². The van der Waals surface area contributed by atoms with Crippen molar-refractivity contribution in [3.63, 3.8) is 0 Å². The molecule has 0 saturated carbocycles. The van der Waals surface area contributed by atoms with Crippen molar-refractivity contribution in [2.45, 2.75) is 4.90 Å². The highest BCUT2D eigenvalue weighted by Gasteiger charge is 2.27. The van der Waals surface area contributed by atoms with Gasteiger partial charge in [-0.25, -0.2) is 8.54 Å². The summed E-state index contributed by atoms with van der Waals surface area (Å²) in [7, 11) is -3.85. The van der Waals surface area contributed by atoms with E-state index in [9.17, 15) is 4.57 Å². The maximum Gasteiger partial charge on any atom is 0.519 e. The SMILES string of the molecule is O=P(OCl)(OCl)OSc1ccccc1. The van der Waals surface area contributed by atoms with Gasteiger partial charge in [0, 0.05) is 16.9 Å². The molecule has 0 spiro atoms. The lowest BCUT2D eigenvalue weighted by atomic mass is 10.4. The van der Waals surface area contributed by atoms with Crippen LogP contribution < -0.4 is 0 Å². The van der Waals surface area contributed by atoms with Crippen LogP contribution in [0.2, 0.25) is 0 Å². The van der Waals surface area contributed by atoms with Crippen molar-refractivity contribution in [1.29, 1.82) is 0 Å². The zero-order valence-corrected chi connectivity index (χ0v) is 9.85. The second-order valence-corrected chi connectivity index (χ2v) is 5.29. The minimum Gasteiger partial charge on any atom is -0.224 e. The number of phosphoric acid groups is 1. The summed E-state index contributed by atoms with van der Waals surface area (Å²) in [5, 5.41) is 0. The Labute approximate surface area is 95.6 Å². The molecule has 1 aromatic rings. The molecule has 0 atom stereocenters. The molecule has 0 bridgehead atoms. The van der Waals surface area contributed by atoms with E-state index in [1.165, 1.54) is 0 Å². The molecule has 0 aliphatic heterocycles. The fourth-order valence-electron chi connectivity index (χ4n) is 0.598. The lowest BCUT2D eigenvalue weighted by molar-refractivity contribution is 0.336. The van der Waals surface area contributed by atoms with Crippen molar-refractivity contribution in [2.75, 3.05) is 0 Å². The largest absolute Gasteiger partial charge is 0.519 e. The molecule has 8 heteroatoms. The molecule has 0 N–H and O–H groups in total. The quantitative estimate of drug-likeness (QED) is 0.596. The van der Waals surface area contributed by atoms with E-state index >= 15 is 0 Å². The van der Waals surface area contributed by atoms with Gasteiger partial charge < -0.3 is 0 Å². The highest BCUT2D eigenvalue weighted by molar-refractivity contribution is 7.98. The maximum absolute atomic E-state index is 11.2. The van der Waals surface area contributed by atoms with Gasteiger partial charge in [-0.1, -0.05) is 18.2 Å². The van der Waals surface area contributed by atoms with E-state index in [-0.39, 0.29) is 0 Å². The lowest BCUT2D eigenvalue weighted by Gasteiger charge is -2.07. The van der Waals surface area contributed by atoms with Crippen molar-refractivity contribution >= 4 is 43.6 Å². The summed E-state index contributed by atoms with van der Waals surface area (Å²) in [6.45, 7) is 0. The van der Waals surface area contributed by atoms with Crippen LogP contribution in [0.3, 0.4) is 0 Å². The molecule has 14 heavy (non-hydrogen) atoms. The molecular formula is C6H5Cl2O4PS. The van der Waals surface area contributed by atoms with Crippen molar-refractivity contribution in [3.05, 3.63) is 30.3 Å². The molecule has 4 nitrogen and oxygen atoms in total. The van der Waals surface area contributed by atoms with Crippen LogP contribution in [0.5, 0.6) is 0 Å². The van der Waals surface area contributed by atoms with Crippen LogP contribution >= 0.6 is 43.6 Å². The van der Waals surface area contributed by atoms with Gasteiger partial charge in [0.15, 0.2) is 0 Å². The summed E-state index contributed by atoms with van der Waals surface area (Å²) in [6, 6.07) is 8.91. The molecule has 0 saturated heterocycles. The van der Waals surface area contributed by atoms with Gasteiger partial charge in [0.05, 0.1) is 23.7 Å². The van der Waals surface area contributed by atoms with Crippen LogP contribution in [-0.4, -0.2) is 0 Å². The molecule has 0 amide bonds. The van der Waals surface area contributed by atoms with Gasteiger partial charge in [0.25, 0.3) is 0 Å². The monoisotopic (exact) mass is 274 g/mol. The molecule has 0 aliphatic rings. The Hall–Kier alpha value is 0.260. The van der Waals surface area contributed by atoms with Crippen LogP contribution in [0.15, 0.2) is 35.2 Å². The minimum absolute atomic E-state index is 0.718. The van der Waals surface area contributed by atoms with E-state index in [4.69, 9.17) is 23.7 Å². The average molecular weight is 275 g/mol. The van der Waals surface area contributed by atoms with Crippen molar-refractivity contribution < 1.29 is 16.7 Å². The Balaban J connectivity index is 2.52. The standard InChI is InChI=1S/C6H5Cl2O4PS/c7-10-13(9,11-8)12-14-6-4-2-1-3-5-6/h1-5H. The van der Waals surface area contributed by atoms with E-state index in [0.29, 0.717) is 0 Å². The summed E-state index contributed by atoms with van der Waals surface area (Å²) >= 11 is 10.5. The number of rotatable bonds is 5. The number of hydrogen-bond acceptors (Lipinski definition) is 5. The molecule has 0 aromatic heterocycles. The van der Waals surface area contributed by atoms with Crippen LogP contribution in [0, 0.1) is 0 Å². The molecule has 0 aliphatic carbocycles. The molecule has 0 radical (unpaired) electrons. The first-order chi connectivity index (χ1) is 6.70. The van der Waals surface area contributed by atoms with E-state index in [1.54, 1.807) is 24.3 Å². The predicted molar refractivity (Wildman–Crippen MR) is 54.9 cm³/mol. The average Bonchev–Trinajstić information content (AvgIpc) is 2.27. The summed E-state index contributed by atoms with van der Waals surface area (Å²) in [4.78, 5) is 0.718. The highest BCUT2D eigenvalue weighted by Crippen LogP contribution is 2.55. The zero-order chi connectivity index (χ0) is 10.4. The molecule has 0 heterocycles. The number of hydrogen-bond donors (Lipinski definition) is 0. The first-order valence-corrected chi connectivity index (χ1v) is 6.14. The highest BCUT2D eigenvalue weighted by atomic mass is 35.5. The van der Waals surface area contributed by atoms with E-state index < -0.39 is 7.82 Å². The summed E-state index contributed by atoms with van der Waals surface area (Å²) in [5.41, 5.74) is 0. The van der Waals surface area contributed by atoms with Gasteiger partial charge in [-0.15, -0.1) is 0 Å². The van der Waals surface area contributed by atoms with E-state index in [2.05, 4.69) is 12.1 Å². The Morgan fingerprint density at radius 3 is 2.21 bits per heavy atom. The second-order valence-electron chi connectivity index (χ2n) is 2.06. The smallest absolute Gasteiger partial charge is 0.224 e. The van der Waals surface area contributed by atoms with Gasteiger partial charge in [-0.3, -0.25) is 0 Å². The van der Waals surface area contributed by atoms with Gasteiger partial charge in [-0.2, -0.15) is 8.15 Å². The normalized spacial score (nSPS) is 11.6. The van der Waals surface area contributed by atoms with Crippen molar-refractivity contribution in [2.24, 2.45) is 0 Å². The van der Waals surface area contributed by atoms with Crippen LogP contribution in [0.1, 0.15) is 0 Å². The van der Waals surface area contributed by atoms with Crippen LogP contribution in [-0.2, 0) is 16.7 Å². The third-order valence-electron chi connectivity index (χ3n) is 1.14. The second kappa shape index (κ2) is 5.98. The minimum atomic E-state index is -3.85. The van der Waals surface area contributed by atoms with Gasteiger partial charge >= 0.3 is 7.82 Å². The summed E-state index contributed by atoms with van der Waals surface area (Å²) in [6.07, 6.45) is 0. The Kier molecular flexibility index (Phi) is 5.26. The lowest BCUT2D eigenvalue weighted by Crippen LogP contribution is -1.82. The Morgan fingerprint density at radius 2 is 1.71 bits per heavy atom.